The molecule has 0 aliphatic rings. The smallest absolute Gasteiger partial charge is 0.143 e. The van der Waals surface area contributed by atoms with Gasteiger partial charge < -0.3 is 5.11 Å². The van der Waals surface area contributed by atoms with Gasteiger partial charge in [-0.1, -0.05) is 58.5 Å². The number of benzene rings is 2. The van der Waals surface area contributed by atoms with Crippen LogP contribution in [0, 0.1) is 0 Å². The lowest BCUT2D eigenvalue weighted by Crippen LogP contribution is -1.82. The SMILES string of the molecule is Oc1c(-c2ccc(Cl)cc2)cc(Cl)c(Cl)c1Cl. The van der Waals surface area contributed by atoms with Gasteiger partial charge >= 0.3 is 0 Å². The third-order valence-electron chi connectivity index (χ3n) is 2.29. The van der Waals surface area contributed by atoms with Gasteiger partial charge in [0.1, 0.15) is 10.8 Å². The van der Waals surface area contributed by atoms with Crippen LogP contribution in [0.15, 0.2) is 30.3 Å². The molecule has 5 heteroatoms. The van der Waals surface area contributed by atoms with Crippen molar-refractivity contribution in [2.75, 3.05) is 0 Å². The number of phenolic OH excluding ortho intramolecular Hbond substituents is 1. The Morgan fingerprint density at radius 2 is 1.41 bits per heavy atom. The molecular formula is C12H6Cl4O. The van der Waals surface area contributed by atoms with Gasteiger partial charge in [-0.05, 0) is 23.8 Å². The van der Waals surface area contributed by atoms with E-state index in [9.17, 15) is 5.11 Å². The Morgan fingerprint density at radius 3 is 2.00 bits per heavy atom. The molecule has 0 saturated heterocycles. The molecule has 1 nitrogen and oxygen atoms in total. The Labute approximate surface area is 118 Å². The van der Waals surface area contributed by atoms with Crippen molar-refractivity contribution < 1.29 is 5.11 Å². The van der Waals surface area contributed by atoms with Crippen LogP contribution in [0.5, 0.6) is 5.75 Å². The van der Waals surface area contributed by atoms with Crippen molar-refractivity contribution in [2.45, 2.75) is 0 Å². The van der Waals surface area contributed by atoms with Crippen LogP contribution in [0.1, 0.15) is 0 Å². The maximum absolute atomic E-state index is 9.92. The molecular weight excluding hydrogens is 302 g/mol. The van der Waals surface area contributed by atoms with E-state index in [1.54, 1.807) is 30.3 Å². The molecule has 0 aromatic heterocycles. The zero-order chi connectivity index (χ0) is 12.6. The number of rotatable bonds is 1. The first-order valence-corrected chi connectivity index (χ1v) is 6.14. The first-order chi connectivity index (χ1) is 8.00. The maximum atomic E-state index is 9.92. The molecule has 0 fully saturated rings. The van der Waals surface area contributed by atoms with E-state index < -0.39 is 0 Å². The Bertz CT molecular complexity index is 564. The van der Waals surface area contributed by atoms with Crippen LogP contribution >= 0.6 is 46.4 Å². The standard InChI is InChI=1S/C12H6Cl4O/c13-7-3-1-6(2-4-7)8-5-9(14)10(15)11(16)12(8)17/h1-5,17H. The molecule has 0 radical (unpaired) electrons. The average molecular weight is 308 g/mol. The summed E-state index contributed by atoms with van der Waals surface area (Å²) in [4.78, 5) is 0. The summed E-state index contributed by atoms with van der Waals surface area (Å²) in [6.07, 6.45) is 0. The molecule has 2 aromatic carbocycles. The molecule has 1 N–H and O–H groups in total. The van der Waals surface area contributed by atoms with E-state index >= 15 is 0 Å². The zero-order valence-electron chi connectivity index (χ0n) is 8.35. The topological polar surface area (TPSA) is 20.2 Å². The monoisotopic (exact) mass is 306 g/mol. The van der Waals surface area contributed by atoms with E-state index in [0.29, 0.717) is 15.6 Å². The van der Waals surface area contributed by atoms with E-state index in [1.165, 1.54) is 0 Å². The number of aromatic hydroxyl groups is 1. The van der Waals surface area contributed by atoms with Crippen LogP contribution in [0.25, 0.3) is 11.1 Å². The lowest BCUT2D eigenvalue weighted by atomic mass is 10.0. The summed E-state index contributed by atoms with van der Waals surface area (Å²) in [5.74, 6) is -0.0941. The lowest BCUT2D eigenvalue weighted by Gasteiger charge is -2.09. The van der Waals surface area contributed by atoms with Gasteiger partial charge in [-0.3, -0.25) is 0 Å². The van der Waals surface area contributed by atoms with Crippen molar-refractivity contribution in [1.82, 2.24) is 0 Å². The average Bonchev–Trinajstić information content (AvgIpc) is 2.32. The molecule has 0 amide bonds. The van der Waals surface area contributed by atoms with Crippen LogP contribution in [0.2, 0.25) is 20.1 Å². The minimum Gasteiger partial charge on any atom is -0.506 e. The lowest BCUT2D eigenvalue weighted by molar-refractivity contribution is 0.477. The molecule has 2 aromatic rings. The minimum atomic E-state index is -0.0941. The number of halogens is 4. The van der Waals surface area contributed by atoms with Crippen molar-refractivity contribution in [3.8, 4) is 16.9 Å². The van der Waals surface area contributed by atoms with Crippen molar-refractivity contribution in [1.29, 1.82) is 0 Å². The van der Waals surface area contributed by atoms with E-state index in [1.807, 2.05) is 0 Å². The normalized spacial score (nSPS) is 10.6. The second-order valence-corrected chi connectivity index (χ2v) is 4.99. The summed E-state index contributed by atoms with van der Waals surface area (Å²) in [6, 6.07) is 8.52. The molecule has 88 valence electrons. The largest absolute Gasteiger partial charge is 0.506 e. The van der Waals surface area contributed by atoms with Crippen LogP contribution in [-0.2, 0) is 0 Å². The number of hydrogen-bond acceptors (Lipinski definition) is 1. The van der Waals surface area contributed by atoms with Gasteiger partial charge in [-0.2, -0.15) is 0 Å². The summed E-state index contributed by atoms with van der Waals surface area (Å²) in [7, 11) is 0. The second-order valence-electron chi connectivity index (χ2n) is 3.39. The van der Waals surface area contributed by atoms with Crippen molar-refractivity contribution in [3.05, 3.63) is 50.4 Å². The maximum Gasteiger partial charge on any atom is 0.143 e. The molecule has 0 heterocycles. The van der Waals surface area contributed by atoms with Gasteiger partial charge in [0.25, 0.3) is 0 Å². The minimum absolute atomic E-state index is 0.0455. The van der Waals surface area contributed by atoms with E-state index in [4.69, 9.17) is 46.4 Å². The Kier molecular flexibility index (Phi) is 3.74. The fourth-order valence-electron chi connectivity index (χ4n) is 1.43. The highest BCUT2D eigenvalue weighted by atomic mass is 35.5. The predicted molar refractivity (Wildman–Crippen MR) is 73.6 cm³/mol. The van der Waals surface area contributed by atoms with E-state index in [0.717, 1.165) is 5.56 Å². The highest BCUT2D eigenvalue weighted by Crippen LogP contribution is 2.43. The summed E-state index contributed by atoms with van der Waals surface area (Å²) in [6.45, 7) is 0. The number of phenols is 1. The molecule has 0 saturated carbocycles. The van der Waals surface area contributed by atoms with Crippen LogP contribution in [0.3, 0.4) is 0 Å². The Hall–Kier alpha value is -0.600. The molecule has 0 atom stereocenters. The van der Waals surface area contributed by atoms with Gasteiger partial charge in [0.2, 0.25) is 0 Å². The number of hydrogen-bond donors (Lipinski definition) is 1. The fraction of sp³-hybridized carbons (Fsp3) is 0. The Morgan fingerprint density at radius 1 is 0.824 bits per heavy atom. The first kappa shape index (κ1) is 12.8. The van der Waals surface area contributed by atoms with Crippen molar-refractivity contribution in [2.24, 2.45) is 0 Å². The molecule has 0 spiro atoms. The van der Waals surface area contributed by atoms with E-state index in [2.05, 4.69) is 0 Å². The summed E-state index contributed by atoms with van der Waals surface area (Å²) >= 11 is 23.4. The molecule has 0 unspecified atom stereocenters. The second kappa shape index (κ2) is 4.95. The third kappa shape index (κ3) is 2.48. The third-order valence-corrected chi connectivity index (χ3v) is 3.80. The van der Waals surface area contributed by atoms with Gasteiger partial charge in [0, 0.05) is 10.6 Å². The summed E-state index contributed by atoms with van der Waals surface area (Å²) in [5, 5.41) is 11.0. The molecule has 0 aliphatic heterocycles. The van der Waals surface area contributed by atoms with Crippen LogP contribution in [-0.4, -0.2) is 5.11 Å². The molecule has 0 bridgehead atoms. The van der Waals surface area contributed by atoms with Crippen molar-refractivity contribution in [3.63, 3.8) is 0 Å². The van der Waals surface area contributed by atoms with Crippen LogP contribution in [0.4, 0.5) is 0 Å². The fourth-order valence-corrected chi connectivity index (χ4v) is 2.16. The summed E-state index contributed by atoms with van der Waals surface area (Å²) < 4.78 is 0. The van der Waals surface area contributed by atoms with Gasteiger partial charge in [-0.25, -0.2) is 0 Å². The first-order valence-electron chi connectivity index (χ1n) is 4.63. The van der Waals surface area contributed by atoms with Crippen LogP contribution < -0.4 is 0 Å². The van der Waals surface area contributed by atoms with Gasteiger partial charge in [0.05, 0.1) is 10.0 Å². The highest BCUT2D eigenvalue weighted by Gasteiger charge is 2.15. The zero-order valence-corrected chi connectivity index (χ0v) is 11.4. The molecule has 17 heavy (non-hydrogen) atoms. The van der Waals surface area contributed by atoms with Crippen molar-refractivity contribution >= 4 is 46.4 Å². The predicted octanol–water partition coefficient (Wildman–Crippen LogP) is 5.67. The van der Waals surface area contributed by atoms with Gasteiger partial charge in [0.15, 0.2) is 0 Å². The van der Waals surface area contributed by atoms with Gasteiger partial charge in [-0.15, -0.1) is 0 Å². The Balaban J connectivity index is 2.64. The van der Waals surface area contributed by atoms with E-state index in [-0.39, 0.29) is 15.8 Å². The highest BCUT2D eigenvalue weighted by molar-refractivity contribution is 6.49. The molecule has 0 aliphatic carbocycles. The quantitative estimate of drug-likeness (QED) is 0.673. The molecule has 2 rings (SSSR count). The summed E-state index contributed by atoms with van der Waals surface area (Å²) in [5.41, 5.74) is 1.27.